The van der Waals surface area contributed by atoms with E-state index in [0.717, 1.165) is 22.4 Å². The molecular weight excluding hydrogens is 354 g/mol. The lowest BCUT2D eigenvalue weighted by atomic mass is 10.2. The highest BCUT2D eigenvalue weighted by atomic mass is 16.5. The molecule has 0 aliphatic heterocycles. The van der Waals surface area contributed by atoms with Crippen LogP contribution in [0.3, 0.4) is 0 Å². The van der Waals surface area contributed by atoms with E-state index in [1.165, 1.54) is 6.21 Å². The fraction of sp³-hybridized carbons (Fsp3) is 0.182. The van der Waals surface area contributed by atoms with Crippen LogP contribution in [-0.4, -0.2) is 32.8 Å². The Hall–Kier alpha value is -3.54. The zero-order chi connectivity index (χ0) is 19.9. The lowest BCUT2D eigenvalue weighted by Crippen LogP contribution is -2.16. The summed E-state index contributed by atoms with van der Waals surface area (Å²) in [7, 11) is 4.00. The number of hydrazone groups is 1. The normalized spacial score (nSPS) is 11.4. The van der Waals surface area contributed by atoms with Crippen LogP contribution in [0.15, 0.2) is 64.1 Å². The predicted molar refractivity (Wildman–Crippen MR) is 113 cm³/mol. The van der Waals surface area contributed by atoms with Gasteiger partial charge in [0.05, 0.1) is 6.61 Å². The average Bonchev–Trinajstić information content (AvgIpc) is 3.12. The molecule has 0 atom stereocenters. The summed E-state index contributed by atoms with van der Waals surface area (Å²) in [5, 5.41) is 4.73. The van der Waals surface area contributed by atoms with E-state index in [0.29, 0.717) is 12.2 Å². The van der Waals surface area contributed by atoms with Crippen molar-refractivity contribution < 1.29 is 13.9 Å². The number of fused-ring (bicyclic) bond motifs is 1. The Bertz CT molecular complexity index is 1000. The van der Waals surface area contributed by atoms with Gasteiger partial charge in [-0.1, -0.05) is 18.2 Å². The van der Waals surface area contributed by atoms with E-state index >= 15 is 0 Å². The first-order valence-corrected chi connectivity index (χ1v) is 9.00. The van der Waals surface area contributed by atoms with Gasteiger partial charge < -0.3 is 14.1 Å². The largest absolute Gasteiger partial charge is 0.494 e. The van der Waals surface area contributed by atoms with E-state index in [2.05, 4.69) is 10.5 Å². The van der Waals surface area contributed by atoms with Gasteiger partial charge in [-0.05, 0) is 55.0 Å². The lowest BCUT2D eigenvalue weighted by Gasteiger charge is -2.11. The third-order valence-electron chi connectivity index (χ3n) is 4.05. The zero-order valence-electron chi connectivity index (χ0n) is 16.2. The molecule has 0 saturated carbocycles. The standard InChI is InChI=1S/C22H23N3O3/c1-4-27-19-11-12-20-17(14-19)15-21(28-20)22(26)24-23-13-5-6-16-7-9-18(10-8-16)25(2)3/h5-15H,4H2,1-3H3,(H,24,26)/b6-5+,23-13+. The molecule has 0 aliphatic rings. The highest BCUT2D eigenvalue weighted by molar-refractivity contribution is 5.96. The Morgan fingerprint density at radius 1 is 1.18 bits per heavy atom. The predicted octanol–water partition coefficient (Wildman–Crippen LogP) is 4.33. The number of allylic oxidation sites excluding steroid dienone is 1. The highest BCUT2D eigenvalue weighted by Crippen LogP contribution is 2.24. The highest BCUT2D eigenvalue weighted by Gasteiger charge is 2.12. The molecule has 0 unspecified atom stereocenters. The monoisotopic (exact) mass is 377 g/mol. The maximum atomic E-state index is 12.2. The Kier molecular flexibility index (Phi) is 6.11. The van der Waals surface area contributed by atoms with Gasteiger partial charge in [0.2, 0.25) is 0 Å². The SMILES string of the molecule is CCOc1ccc2oc(C(=O)N/N=C/C=C/c3ccc(N(C)C)cc3)cc2c1. The summed E-state index contributed by atoms with van der Waals surface area (Å²) in [6, 6.07) is 15.2. The molecule has 0 bridgehead atoms. The van der Waals surface area contributed by atoms with E-state index in [1.807, 2.05) is 68.4 Å². The smallest absolute Gasteiger partial charge is 0.307 e. The van der Waals surface area contributed by atoms with Gasteiger partial charge in [-0.15, -0.1) is 0 Å². The van der Waals surface area contributed by atoms with E-state index in [9.17, 15) is 4.79 Å². The summed E-state index contributed by atoms with van der Waals surface area (Å²) in [6.45, 7) is 2.50. The third kappa shape index (κ3) is 4.79. The quantitative estimate of drug-likeness (QED) is 0.492. The Morgan fingerprint density at radius 3 is 2.68 bits per heavy atom. The number of ether oxygens (including phenoxy) is 1. The molecule has 6 heteroatoms. The molecule has 0 fully saturated rings. The molecular formula is C22H23N3O3. The molecule has 1 heterocycles. The fourth-order valence-electron chi connectivity index (χ4n) is 2.62. The van der Waals surface area contributed by atoms with Crippen LogP contribution >= 0.6 is 0 Å². The van der Waals surface area contributed by atoms with Crippen molar-refractivity contribution in [3.63, 3.8) is 0 Å². The van der Waals surface area contributed by atoms with Crippen LogP contribution in [0.5, 0.6) is 5.75 Å². The molecule has 1 N–H and O–H groups in total. The zero-order valence-corrected chi connectivity index (χ0v) is 16.2. The maximum absolute atomic E-state index is 12.2. The molecule has 0 aliphatic carbocycles. The molecule has 28 heavy (non-hydrogen) atoms. The number of rotatable bonds is 7. The van der Waals surface area contributed by atoms with Gasteiger partial charge in [-0.3, -0.25) is 4.79 Å². The lowest BCUT2D eigenvalue weighted by molar-refractivity contribution is 0.0929. The first-order valence-electron chi connectivity index (χ1n) is 9.00. The number of amides is 1. The van der Waals surface area contributed by atoms with Gasteiger partial charge >= 0.3 is 5.91 Å². The van der Waals surface area contributed by atoms with E-state index in [4.69, 9.17) is 9.15 Å². The second kappa shape index (κ2) is 8.90. The summed E-state index contributed by atoms with van der Waals surface area (Å²) in [5.74, 6) is 0.530. The van der Waals surface area contributed by atoms with Crippen LogP contribution in [-0.2, 0) is 0 Å². The molecule has 0 saturated heterocycles. The van der Waals surface area contributed by atoms with Crippen LogP contribution in [0.2, 0.25) is 0 Å². The fourth-order valence-corrected chi connectivity index (χ4v) is 2.62. The molecule has 144 valence electrons. The number of nitrogens with one attached hydrogen (secondary N) is 1. The topological polar surface area (TPSA) is 67.1 Å². The van der Waals surface area contributed by atoms with Gasteiger partial charge in [0, 0.05) is 31.4 Å². The van der Waals surface area contributed by atoms with Crippen molar-refractivity contribution in [1.29, 1.82) is 0 Å². The van der Waals surface area contributed by atoms with Crippen LogP contribution in [0.1, 0.15) is 23.0 Å². The number of nitrogens with zero attached hydrogens (tertiary/aromatic N) is 2. The third-order valence-corrected chi connectivity index (χ3v) is 4.05. The van der Waals surface area contributed by atoms with Gasteiger partial charge in [-0.25, -0.2) is 5.43 Å². The second-order valence-corrected chi connectivity index (χ2v) is 6.31. The minimum absolute atomic E-state index is 0.198. The number of carbonyl (C=O) groups is 1. The summed E-state index contributed by atoms with van der Waals surface area (Å²) in [4.78, 5) is 14.2. The molecule has 0 radical (unpaired) electrons. The van der Waals surface area contributed by atoms with Crippen LogP contribution in [0, 0.1) is 0 Å². The number of hydrogen-bond acceptors (Lipinski definition) is 5. The molecule has 3 rings (SSSR count). The van der Waals surface area contributed by atoms with E-state index in [1.54, 1.807) is 18.2 Å². The number of furan rings is 1. The number of anilines is 1. The minimum atomic E-state index is -0.408. The van der Waals surface area contributed by atoms with Gasteiger partial charge in [-0.2, -0.15) is 5.10 Å². The molecule has 6 nitrogen and oxygen atoms in total. The molecule has 2 aromatic carbocycles. The van der Waals surface area contributed by atoms with E-state index < -0.39 is 5.91 Å². The molecule has 0 spiro atoms. The first kappa shape index (κ1) is 19.2. The second-order valence-electron chi connectivity index (χ2n) is 6.31. The van der Waals surface area contributed by atoms with Crippen molar-refractivity contribution in [3.05, 3.63) is 65.9 Å². The Labute approximate surface area is 164 Å². The van der Waals surface area contributed by atoms with Crippen LogP contribution in [0.25, 0.3) is 17.0 Å². The molecule has 1 amide bonds. The van der Waals surface area contributed by atoms with Crippen molar-refractivity contribution in [2.75, 3.05) is 25.6 Å². The summed E-state index contributed by atoms with van der Waals surface area (Å²) >= 11 is 0. The van der Waals surface area contributed by atoms with Crippen molar-refractivity contribution in [2.24, 2.45) is 5.10 Å². The Balaban J connectivity index is 1.58. The summed E-state index contributed by atoms with van der Waals surface area (Å²) < 4.78 is 11.0. The van der Waals surface area contributed by atoms with Crippen molar-refractivity contribution >= 4 is 34.9 Å². The number of benzene rings is 2. The number of hydrogen-bond donors (Lipinski definition) is 1. The van der Waals surface area contributed by atoms with Crippen molar-refractivity contribution in [1.82, 2.24) is 5.43 Å². The van der Waals surface area contributed by atoms with Crippen molar-refractivity contribution in [3.8, 4) is 5.75 Å². The summed E-state index contributed by atoms with van der Waals surface area (Å²) in [6.07, 6.45) is 5.19. The molecule has 1 aromatic heterocycles. The Morgan fingerprint density at radius 2 is 1.96 bits per heavy atom. The van der Waals surface area contributed by atoms with E-state index in [-0.39, 0.29) is 5.76 Å². The van der Waals surface area contributed by atoms with Crippen LogP contribution < -0.4 is 15.1 Å². The maximum Gasteiger partial charge on any atom is 0.307 e. The average molecular weight is 377 g/mol. The molecule has 3 aromatic rings. The van der Waals surface area contributed by atoms with Gasteiger partial charge in [0.1, 0.15) is 11.3 Å². The number of carbonyl (C=O) groups excluding carboxylic acids is 1. The van der Waals surface area contributed by atoms with Gasteiger partial charge in [0.15, 0.2) is 5.76 Å². The first-order chi connectivity index (χ1) is 13.6. The summed E-state index contributed by atoms with van der Waals surface area (Å²) in [5.41, 5.74) is 5.26. The van der Waals surface area contributed by atoms with Crippen LogP contribution in [0.4, 0.5) is 5.69 Å². The minimum Gasteiger partial charge on any atom is -0.494 e. The van der Waals surface area contributed by atoms with Gasteiger partial charge in [0.25, 0.3) is 0 Å². The van der Waals surface area contributed by atoms with Crippen molar-refractivity contribution in [2.45, 2.75) is 6.92 Å².